The Kier molecular flexibility index (Phi) is 0.859. The molecule has 2 rings (SSSR count). The van der Waals surface area contributed by atoms with Gasteiger partial charge in [-0.2, -0.15) is 0 Å². The molecule has 9 heavy (non-hydrogen) atoms. The van der Waals surface area contributed by atoms with Crippen molar-refractivity contribution in [2.24, 2.45) is 0 Å². The van der Waals surface area contributed by atoms with Crippen molar-refractivity contribution < 1.29 is 4.74 Å². The Morgan fingerprint density at radius 3 is 3.44 bits per heavy atom. The zero-order valence-electron chi connectivity index (χ0n) is 4.92. The quantitative estimate of drug-likeness (QED) is 0.514. The molecule has 0 bridgehead atoms. The van der Waals surface area contributed by atoms with Gasteiger partial charge in [0.1, 0.15) is 5.76 Å². The van der Waals surface area contributed by atoms with Gasteiger partial charge in [-0.15, -0.1) is 0 Å². The van der Waals surface area contributed by atoms with Gasteiger partial charge in [0.15, 0.2) is 6.73 Å². The first-order valence-corrected chi connectivity index (χ1v) is 2.92. The monoisotopic (exact) mass is 121 g/mol. The molecule has 0 unspecified atom stereocenters. The van der Waals surface area contributed by atoms with E-state index in [1.54, 1.807) is 0 Å². The van der Waals surface area contributed by atoms with Gasteiger partial charge in [0, 0.05) is 11.8 Å². The highest BCUT2D eigenvalue weighted by molar-refractivity contribution is 5.45. The van der Waals surface area contributed by atoms with Gasteiger partial charge in [-0.1, -0.05) is 6.08 Å². The van der Waals surface area contributed by atoms with Crippen LogP contribution < -0.4 is 5.32 Å². The van der Waals surface area contributed by atoms with Crippen LogP contribution in [0.2, 0.25) is 0 Å². The second-order valence-electron chi connectivity index (χ2n) is 1.98. The smallest absolute Gasteiger partial charge is 0.158 e. The van der Waals surface area contributed by atoms with E-state index in [0.717, 1.165) is 11.3 Å². The maximum Gasteiger partial charge on any atom is 0.158 e. The zero-order chi connectivity index (χ0) is 6.10. The van der Waals surface area contributed by atoms with Gasteiger partial charge < -0.3 is 10.1 Å². The van der Waals surface area contributed by atoms with Gasteiger partial charge in [0.25, 0.3) is 0 Å². The first kappa shape index (κ1) is 4.68. The Labute approximate surface area is 53.5 Å². The minimum Gasteiger partial charge on any atom is -0.473 e. The van der Waals surface area contributed by atoms with Gasteiger partial charge >= 0.3 is 0 Å². The molecule has 0 fully saturated rings. The fraction of sp³-hybridized carbons (Fsp3) is 0.143. The highest BCUT2D eigenvalue weighted by Crippen LogP contribution is 2.20. The van der Waals surface area contributed by atoms with E-state index in [4.69, 9.17) is 4.74 Å². The molecule has 0 aromatic heterocycles. The molecule has 0 atom stereocenters. The third kappa shape index (κ3) is 0.633. The maximum atomic E-state index is 5.22. The van der Waals surface area contributed by atoms with Gasteiger partial charge in [0.2, 0.25) is 0 Å². The summed E-state index contributed by atoms with van der Waals surface area (Å²) in [5.74, 6) is 0.980. The highest BCUT2D eigenvalue weighted by Gasteiger charge is 2.09. The fourth-order valence-corrected chi connectivity index (χ4v) is 0.939. The second kappa shape index (κ2) is 1.65. The lowest BCUT2D eigenvalue weighted by Crippen LogP contribution is -2.16. The molecule has 0 radical (unpaired) electrons. The average Bonchev–Trinajstić information content (AvgIpc) is 2.33. The molecule has 0 saturated carbocycles. The molecule has 1 N–H and O–H groups in total. The normalized spacial score (nSPS) is 21.3. The predicted molar refractivity (Wildman–Crippen MR) is 34.4 cm³/mol. The van der Waals surface area contributed by atoms with Crippen LogP contribution in [0, 0.1) is 0 Å². The highest BCUT2D eigenvalue weighted by atomic mass is 16.5. The number of fused-ring (bicyclic) bond motifs is 1. The lowest BCUT2D eigenvalue weighted by Gasteiger charge is -2.13. The lowest BCUT2D eigenvalue weighted by atomic mass is 10.3. The summed E-state index contributed by atoms with van der Waals surface area (Å²) < 4.78 is 5.22. The number of ether oxygens (including phenoxy) is 1. The number of hydrogen-bond donors (Lipinski definition) is 1. The Morgan fingerprint density at radius 2 is 2.56 bits per heavy atom. The lowest BCUT2D eigenvalue weighted by molar-refractivity contribution is 0.200. The Morgan fingerprint density at radius 1 is 1.56 bits per heavy atom. The second-order valence-corrected chi connectivity index (χ2v) is 1.98. The molecule has 2 heteroatoms. The van der Waals surface area contributed by atoms with Crippen molar-refractivity contribution >= 4 is 0 Å². The van der Waals surface area contributed by atoms with Crippen LogP contribution in [0.1, 0.15) is 0 Å². The number of allylic oxidation sites excluding steroid dienone is 3. The topological polar surface area (TPSA) is 21.3 Å². The molecule has 0 spiro atoms. The van der Waals surface area contributed by atoms with Crippen LogP contribution in [0.5, 0.6) is 0 Å². The average molecular weight is 121 g/mol. The first-order valence-electron chi connectivity index (χ1n) is 2.92. The first-order chi connectivity index (χ1) is 4.47. The van der Waals surface area contributed by atoms with Gasteiger partial charge in [-0.25, -0.2) is 0 Å². The number of hydrogen-bond acceptors (Lipinski definition) is 2. The van der Waals surface area contributed by atoms with Crippen LogP contribution in [0.4, 0.5) is 0 Å². The third-order valence-corrected chi connectivity index (χ3v) is 1.38. The van der Waals surface area contributed by atoms with E-state index in [1.165, 1.54) is 0 Å². The van der Waals surface area contributed by atoms with E-state index in [1.807, 2.05) is 24.4 Å². The van der Waals surface area contributed by atoms with E-state index in [2.05, 4.69) is 5.32 Å². The van der Waals surface area contributed by atoms with Gasteiger partial charge in [-0.3, -0.25) is 0 Å². The van der Waals surface area contributed by atoms with E-state index in [-0.39, 0.29) is 0 Å². The number of rotatable bonds is 0. The predicted octanol–water partition coefficient (Wildman–Crippen LogP) is 0.901. The summed E-state index contributed by atoms with van der Waals surface area (Å²) in [6, 6.07) is 0. The minimum absolute atomic E-state index is 0.594. The fourth-order valence-electron chi connectivity index (χ4n) is 0.939. The molecule has 46 valence electrons. The Hall–Kier alpha value is -1.18. The van der Waals surface area contributed by atoms with Crippen LogP contribution >= 0.6 is 0 Å². The Bertz CT molecular complexity index is 213. The summed E-state index contributed by atoms with van der Waals surface area (Å²) in [6.45, 7) is 0.594. The van der Waals surface area contributed by atoms with Crippen LogP contribution in [0.3, 0.4) is 0 Å². The molecule has 1 aliphatic carbocycles. The van der Waals surface area contributed by atoms with Crippen molar-refractivity contribution in [3.05, 3.63) is 35.8 Å². The molecule has 2 aliphatic rings. The standard InChI is InChI=1S/C7H7NO/c1-2-6-4-8-5-9-7(6)3-1/h1-4,8H,5H2. The van der Waals surface area contributed by atoms with Crippen molar-refractivity contribution in [1.82, 2.24) is 5.32 Å². The van der Waals surface area contributed by atoms with Crippen LogP contribution in [-0.4, -0.2) is 6.73 Å². The largest absolute Gasteiger partial charge is 0.473 e. The summed E-state index contributed by atoms with van der Waals surface area (Å²) in [7, 11) is 0. The molecule has 0 saturated heterocycles. The number of nitrogens with one attached hydrogen (secondary N) is 1. The van der Waals surface area contributed by atoms with E-state index in [9.17, 15) is 0 Å². The maximum absolute atomic E-state index is 5.22. The van der Waals surface area contributed by atoms with Gasteiger partial charge in [0.05, 0.1) is 0 Å². The summed E-state index contributed by atoms with van der Waals surface area (Å²) >= 11 is 0. The summed E-state index contributed by atoms with van der Waals surface area (Å²) in [5, 5.41) is 2.98. The summed E-state index contributed by atoms with van der Waals surface area (Å²) in [5.41, 5.74) is 1.14. The third-order valence-electron chi connectivity index (χ3n) is 1.38. The van der Waals surface area contributed by atoms with Gasteiger partial charge in [-0.05, 0) is 12.2 Å². The Balaban J connectivity index is 2.38. The minimum atomic E-state index is 0.594. The van der Waals surface area contributed by atoms with E-state index < -0.39 is 0 Å². The summed E-state index contributed by atoms with van der Waals surface area (Å²) in [4.78, 5) is 0. The van der Waals surface area contributed by atoms with Crippen molar-refractivity contribution in [2.45, 2.75) is 0 Å². The van der Waals surface area contributed by atoms with Crippen LogP contribution in [-0.2, 0) is 4.74 Å². The molecule has 0 aromatic rings. The van der Waals surface area contributed by atoms with Crippen LogP contribution in [0.15, 0.2) is 35.8 Å². The molecule has 1 heterocycles. The zero-order valence-corrected chi connectivity index (χ0v) is 4.92. The molecule has 2 nitrogen and oxygen atoms in total. The van der Waals surface area contributed by atoms with Crippen molar-refractivity contribution in [3.63, 3.8) is 0 Å². The van der Waals surface area contributed by atoms with Crippen molar-refractivity contribution in [3.8, 4) is 0 Å². The molecular weight excluding hydrogens is 114 g/mol. The van der Waals surface area contributed by atoms with Crippen LogP contribution in [0.25, 0.3) is 0 Å². The molecule has 0 amide bonds. The van der Waals surface area contributed by atoms with E-state index >= 15 is 0 Å². The van der Waals surface area contributed by atoms with Crippen molar-refractivity contribution in [2.75, 3.05) is 6.73 Å². The SMILES string of the molecule is C1=CC2=CNCOC2=C1. The molecule has 1 aliphatic heterocycles. The van der Waals surface area contributed by atoms with E-state index in [0.29, 0.717) is 6.73 Å². The molecular formula is C7H7NO. The molecule has 0 aromatic carbocycles. The summed E-state index contributed by atoms with van der Waals surface area (Å²) in [6.07, 6.45) is 7.92. The van der Waals surface area contributed by atoms with Crippen molar-refractivity contribution in [1.29, 1.82) is 0 Å².